The standard InChI is InChI=1S/C17H23NO3/c19-17(20)11-16(15-5-6-15)14-3-1-13(2-4-14)12-18-7-9-21-10-8-18/h1-4,15-16H,5-12H2,(H,19,20). The zero-order valence-electron chi connectivity index (χ0n) is 12.3. The Kier molecular flexibility index (Phi) is 4.56. The smallest absolute Gasteiger partial charge is 0.303 e. The van der Waals surface area contributed by atoms with Gasteiger partial charge >= 0.3 is 5.97 Å². The quantitative estimate of drug-likeness (QED) is 0.874. The number of rotatable bonds is 6. The van der Waals surface area contributed by atoms with E-state index in [1.165, 1.54) is 24.0 Å². The zero-order chi connectivity index (χ0) is 14.7. The lowest BCUT2D eigenvalue weighted by Gasteiger charge is -2.26. The molecular weight excluding hydrogens is 266 g/mol. The molecule has 1 aromatic rings. The van der Waals surface area contributed by atoms with E-state index in [1.807, 2.05) is 0 Å². The van der Waals surface area contributed by atoms with Gasteiger partial charge in [-0.2, -0.15) is 0 Å². The van der Waals surface area contributed by atoms with Gasteiger partial charge in [0.1, 0.15) is 0 Å². The van der Waals surface area contributed by atoms with E-state index in [0.29, 0.717) is 5.92 Å². The molecule has 3 rings (SSSR count). The SMILES string of the molecule is O=C(O)CC(c1ccc(CN2CCOCC2)cc1)C1CC1. The molecule has 1 aromatic carbocycles. The molecule has 1 N–H and O–H groups in total. The summed E-state index contributed by atoms with van der Waals surface area (Å²) in [7, 11) is 0. The van der Waals surface area contributed by atoms with Crippen LogP contribution in [-0.4, -0.2) is 42.3 Å². The van der Waals surface area contributed by atoms with Gasteiger partial charge in [0.05, 0.1) is 19.6 Å². The van der Waals surface area contributed by atoms with Crippen LogP contribution in [0.5, 0.6) is 0 Å². The van der Waals surface area contributed by atoms with Crippen LogP contribution in [0.15, 0.2) is 24.3 Å². The van der Waals surface area contributed by atoms with Crippen LogP contribution < -0.4 is 0 Å². The molecule has 0 bridgehead atoms. The molecule has 1 saturated heterocycles. The van der Waals surface area contributed by atoms with Crippen molar-refractivity contribution in [2.45, 2.75) is 31.7 Å². The van der Waals surface area contributed by atoms with Crippen LogP contribution in [0, 0.1) is 5.92 Å². The minimum Gasteiger partial charge on any atom is -0.481 e. The topological polar surface area (TPSA) is 49.8 Å². The van der Waals surface area contributed by atoms with Crippen LogP contribution in [0.1, 0.15) is 36.3 Å². The molecule has 1 saturated carbocycles. The van der Waals surface area contributed by atoms with Crippen LogP contribution in [0.4, 0.5) is 0 Å². The summed E-state index contributed by atoms with van der Waals surface area (Å²) in [5, 5.41) is 9.07. The third-order valence-electron chi connectivity index (χ3n) is 4.50. The van der Waals surface area contributed by atoms with E-state index >= 15 is 0 Å². The maximum Gasteiger partial charge on any atom is 0.303 e. The third kappa shape index (κ3) is 4.05. The van der Waals surface area contributed by atoms with Gasteiger partial charge < -0.3 is 9.84 Å². The number of aliphatic carboxylic acids is 1. The summed E-state index contributed by atoms with van der Waals surface area (Å²) in [5.41, 5.74) is 2.48. The van der Waals surface area contributed by atoms with Crippen LogP contribution in [-0.2, 0) is 16.1 Å². The minimum atomic E-state index is -0.690. The Labute approximate surface area is 125 Å². The Balaban J connectivity index is 1.63. The normalized spacial score (nSPS) is 21.1. The summed E-state index contributed by atoms with van der Waals surface area (Å²) in [4.78, 5) is 13.4. The Morgan fingerprint density at radius 2 is 1.90 bits per heavy atom. The number of carboxylic acid groups (broad SMARTS) is 1. The number of ether oxygens (including phenoxy) is 1. The predicted molar refractivity (Wildman–Crippen MR) is 80.3 cm³/mol. The Morgan fingerprint density at radius 3 is 2.48 bits per heavy atom. The van der Waals surface area contributed by atoms with Crippen LogP contribution in [0.3, 0.4) is 0 Å². The van der Waals surface area contributed by atoms with Crippen molar-refractivity contribution in [3.63, 3.8) is 0 Å². The second-order valence-electron chi connectivity index (χ2n) is 6.17. The van der Waals surface area contributed by atoms with Crippen molar-refractivity contribution in [2.75, 3.05) is 26.3 Å². The molecule has 21 heavy (non-hydrogen) atoms. The number of hydrogen-bond acceptors (Lipinski definition) is 3. The molecule has 1 atom stereocenters. The number of hydrogen-bond donors (Lipinski definition) is 1. The molecule has 2 fully saturated rings. The highest BCUT2D eigenvalue weighted by molar-refractivity contribution is 5.68. The third-order valence-corrected chi connectivity index (χ3v) is 4.50. The summed E-state index contributed by atoms with van der Waals surface area (Å²) in [5.74, 6) is 0.0791. The van der Waals surface area contributed by atoms with Gasteiger partial charge in [-0.25, -0.2) is 0 Å². The molecule has 1 aliphatic heterocycles. The lowest BCUT2D eigenvalue weighted by Crippen LogP contribution is -2.35. The van der Waals surface area contributed by atoms with E-state index in [-0.39, 0.29) is 12.3 Å². The van der Waals surface area contributed by atoms with Crippen LogP contribution in [0.25, 0.3) is 0 Å². The molecule has 4 heteroatoms. The van der Waals surface area contributed by atoms with Crippen molar-refractivity contribution >= 4 is 5.97 Å². The molecule has 1 heterocycles. The summed E-state index contributed by atoms with van der Waals surface area (Å²) in [6.07, 6.45) is 2.61. The second-order valence-corrected chi connectivity index (χ2v) is 6.17. The fourth-order valence-electron chi connectivity index (χ4n) is 3.13. The van der Waals surface area contributed by atoms with Gasteiger partial charge in [-0.05, 0) is 35.8 Å². The number of carboxylic acids is 1. The first-order valence-electron chi connectivity index (χ1n) is 7.83. The Morgan fingerprint density at radius 1 is 1.24 bits per heavy atom. The first-order valence-corrected chi connectivity index (χ1v) is 7.83. The van der Waals surface area contributed by atoms with Crippen molar-refractivity contribution in [1.82, 2.24) is 4.90 Å². The zero-order valence-corrected chi connectivity index (χ0v) is 12.3. The maximum atomic E-state index is 11.0. The summed E-state index contributed by atoms with van der Waals surface area (Å²) >= 11 is 0. The number of nitrogens with zero attached hydrogens (tertiary/aromatic N) is 1. The summed E-state index contributed by atoms with van der Waals surface area (Å²) < 4.78 is 5.36. The van der Waals surface area contributed by atoms with Gasteiger partial charge in [-0.1, -0.05) is 24.3 Å². The molecule has 0 amide bonds. The highest BCUT2D eigenvalue weighted by Crippen LogP contribution is 2.44. The summed E-state index contributed by atoms with van der Waals surface area (Å²) in [6, 6.07) is 8.56. The lowest BCUT2D eigenvalue weighted by molar-refractivity contribution is -0.137. The van der Waals surface area contributed by atoms with Gasteiger partial charge in [0, 0.05) is 19.6 Å². The fourth-order valence-corrected chi connectivity index (χ4v) is 3.13. The van der Waals surface area contributed by atoms with Crippen molar-refractivity contribution in [3.05, 3.63) is 35.4 Å². The van der Waals surface area contributed by atoms with Crippen LogP contribution in [0.2, 0.25) is 0 Å². The Hall–Kier alpha value is -1.39. The van der Waals surface area contributed by atoms with Gasteiger partial charge in [0.25, 0.3) is 0 Å². The Bertz CT molecular complexity index is 475. The molecule has 4 nitrogen and oxygen atoms in total. The van der Waals surface area contributed by atoms with Crippen molar-refractivity contribution in [1.29, 1.82) is 0 Å². The highest BCUT2D eigenvalue weighted by Gasteiger charge is 2.33. The first kappa shape index (κ1) is 14.5. The van der Waals surface area contributed by atoms with E-state index in [1.54, 1.807) is 0 Å². The van der Waals surface area contributed by atoms with E-state index in [4.69, 9.17) is 9.84 Å². The molecule has 1 unspecified atom stereocenters. The average Bonchev–Trinajstić information content (AvgIpc) is 3.31. The largest absolute Gasteiger partial charge is 0.481 e. The van der Waals surface area contributed by atoms with E-state index in [9.17, 15) is 4.79 Å². The molecular formula is C17H23NO3. The van der Waals surface area contributed by atoms with Crippen molar-refractivity contribution < 1.29 is 14.6 Å². The van der Waals surface area contributed by atoms with E-state index in [2.05, 4.69) is 29.2 Å². The maximum absolute atomic E-state index is 11.0. The average molecular weight is 289 g/mol. The molecule has 114 valence electrons. The van der Waals surface area contributed by atoms with Gasteiger partial charge in [-0.15, -0.1) is 0 Å². The van der Waals surface area contributed by atoms with Gasteiger partial charge in [0.15, 0.2) is 0 Å². The summed E-state index contributed by atoms with van der Waals surface area (Å²) in [6.45, 7) is 4.58. The second kappa shape index (κ2) is 6.58. The van der Waals surface area contributed by atoms with Gasteiger partial charge in [0.2, 0.25) is 0 Å². The molecule has 0 spiro atoms. The van der Waals surface area contributed by atoms with Gasteiger partial charge in [-0.3, -0.25) is 9.69 Å². The fraction of sp³-hybridized carbons (Fsp3) is 0.588. The van der Waals surface area contributed by atoms with Crippen molar-refractivity contribution in [3.8, 4) is 0 Å². The monoisotopic (exact) mass is 289 g/mol. The number of morpholine rings is 1. The number of benzene rings is 1. The van der Waals surface area contributed by atoms with E-state index in [0.717, 1.165) is 32.8 Å². The highest BCUT2D eigenvalue weighted by atomic mass is 16.5. The molecule has 2 aliphatic rings. The molecule has 1 aliphatic carbocycles. The minimum absolute atomic E-state index is 0.194. The van der Waals surface area contributed by atoms with E-state index < -0.39 is 5.97 Å². The predicted octanol–water partition coefficient (Wildman–Crippen LogP) is 2.49. The lowest BCUT2D eigenvalue weighted by atomic mass is 9.90. The van der Waals surface area contributed by atoms with Crippen molar-refractivity contribution in [2.24, 2.45) is 5.92 Å². The number of carbonyl (C=O) groups is 1. The molecule has 0 aromatic heterocycles. The van der Waals surface area contributed by atoms with Crippen LogP contribution >= 0.6 is 0 Å². The molecule has 0 radical (unpaired) electrons. The first-order chi connectivity index (χ1) is 10.2.